The van der Waals surface area contributed by atoms with E-state index < -0.39 is 5.54 Å². The number of nitrogens with two attached hydrogens (primary N) is 1. The number of rotatable bonds is 3. The number of hydrogen-bond donors (Lipinski definition) is 2. The first-order valence-electron chi connectivity index (χ1n) is 5.13. The van der Waals surface area contributed by atoms with Crippen molar-refractivity contribution in [3.05, 3.63) is 34.3 Å². The Balaban J connectivity index is 0.00000256. The molecular weight excluding hydrogens is 259 g/mol. The summed E-state index contributed by atoms with van der Waals surface area (Å²) in [6, 6.07) is 5.28. The normalized spacial score (nSPS) is 10.6. The van der Waals surface area contributed by atoms with Crippen LogP contribution in [0.1, 0.15) is 29.8 Å². The fraction of sp³-hybridized carbons (Fsp3) is 0.417. The van der Waals surface area contributed by atoms with Crippen molar-refractivity contribution in [2.45, 2.75) is 26.3 Å². The predicted molar refractivity (Wildman–Crippen MR) is 74.0 cm³/mol. The van der Waals surface area contributed by atoms with Gasteiger partial charge in [0, 0.05) is 22.7 Å². The number of nitrogens with one attached hydrogen (secondary N) is 1. The van der Waals surface area contributed by atoms with Crippen LogP contribution >= 0.6 is 24.0 Å². The van der Waals surface area contributed by atoms with Crippen LogP contribution in [-0.4, -0.2) is 18.0 Å². The second-order valence-corrected chi connectivity index (χ2v) is 4.99. The molecule has 17 heavy (non-hydrogen) atoms. The van der Waals surface area contributed by atoms with Gasteiger partial charge in [-0.2, -0.15) is 0 Å². The monoisotopic (exact) mass is 276 g/mol. The number of halogens is 2. The Kier molecular flexibility index (Phi) is 5.96. The highest BCUT2D eigenvalue weighted by molar-refractivity contribution is 6.31. The Labute approximate surface area is 113 Å². The molecule has 0 aliphatic carbocycles. The maximum Gasteiger partial charge on any atom is 0.251 e. The predicted octanol–water partition coefficient (Wildman–Crippen LogP) is 2.54. The van der Waals surface area contributed by atoms with Gasteiger partial charge in [0.2, 0.25) is 0 Å². The molecule has 1 amide bonds. The molecule has 0 saturated carbocycles. The molecule has 1 aromatic rings. The van der Waals surface area contributed by atoms with Crippen molar-refractivity contribution in [1.29, 1.82) is 0 Å². The number of carbonyl (C=O) groups is 1. The summed E-state index contributed by atoms with van der Waals surface area (Å²) >= 11 is 5.94. The summed E-state index contributed by atoms with van der Waals surface area (Å²) in [4.78, 5) is 11.8. The molecule has 0 aliphatic heterocycles. The van der Waals surface area contributed by atoms with E-state index in [1.165, 1.54) is 0 Å². The topological polar surface area (TPSA) is 55.1 Å². The van der Waals surface area contributed by atoms with E-state index in [-0.39, 0.29) is 18.3 Å². The van der Waals surface area contributed by atoms with Gasteiger partial charge in [-0.25, -0.2) is 0 Å². The first-order valence-corrected chi connectivity index (χ1v) is 5.51. The second-order valence-electron chi connectivity index (χ2n) is 4.58. The molecule has 0 atom stereocenters. The molecule has 5 heteroatoms. The maximum atomic E-state index is 11.8. The average molecular weight is 277 g/mol. The van der Waals surface area contributed by atoms with Crippen LogP contribution in [0.25, 0.3) is 0 Å². The van der Waals surface area contributed by atoms with Crippen LogP contribution in [0.15, 0.2) is 18.2 Å². The first kappa shape index (κ1) is 16.2. The Bertz CT molecular complexity index is 400. The number of amides is 1. The second kappa shape index (κ2) is 6.24. The number of carbonyl (C=O) groups excluding carboxylic acids is 1. The Hall–Kier alpha value is -0.770. The van der Waals surface area contributed by atoms with Crippen molar-refractivity contribution in [1.82, 2.24) is 5.32 Å². The van der Waals surface area contributed by atoms with E-state index in [0.717, 1.165) is 5.56 Å². The lowest BCUT2D eigenvalue weighted by atomic mass is 10.1. The molecule has 0 bridgehead atoms. The minimum absolute atomic E-state index is 0. The molecule has 1 rings (SSSR count). The van der Waals surface area contributed by atoms with Gasteiger partial charge in [-0.15, -0.1) is 12.4 Å². The highest BCUT2D eigenvalue weighted by Crippen LogP contribution is 2.18. The van der Waals surface area contributed by atoms with Crippen molar-refractivity contribution >= 4 is 29.9 Å². The van der Waals surface area contributed by atoms with Gasteiger partial charge in [-0.1, -0.05) is 17.7 Å². The van der Waals surface area contributed by atoms with Gasteiger partial charge >= 0.3 is 0 Å². The fourth-order valence-electron chi connectivity index (χ4n) is 1.26. The third-order valence-electron chi connectivity index (χ3n) is 2.22. The molecule has 0 aromatic heterocycles. The lowest BCUT2D eigenvalue weighted by Gasteiger charge is -2.19. The third kappa shape index (κ3) is 4.94. The van der Waals surface area contributed by atoms with E-state index in [1.54, 1.807) is 18.2 Å². The molecule has 0 saturated heterocycles. The van der Waals surface area contributed by atoms with Gasteiger partial charge < -0.3 is 11.1 Å². The van der Waals surface area contributed by atoms with Crippen LogP contribution < -0.4 is 11.1 Å². The Morgan fingerprint density at radius 3 is 2.59 bits per heavy atom. The standard InChI is InChI=1S/C12H17ClN2O.ClH/c1-8-9(5-4-6-10(8)13)11(16)15-7-12(2,3)14;/h4-6H,7,14H2,1-3H3,(H,15,16);1H. The largest absolute Gasteiger partial charge is 0.350 e. The Morgan fingerprint density at radius 2 is 2.06 bits per heavy atom. The van der Waals surface area contributed by atoms with Crippen LogP contribution in [0.2, 0.25) is 5.02 Å². The summed E-state index contributed by atoms with van der Waals surface area (Å²) < 4.78 is 0. The molecule has 3 N–H and O–H groups in total. The zero-order valence-electron chi connectivity index (χ0n) is 10.2. The van der Waals surface area contributed by atoms with Gasteiger partial charge in [0.05, 0.1) is 0 Å². The fourth-order valence-corrected chi connectivity index (χ4v) is 1.43. The van der Waals surface area contributed by atoms with Crippen LogP contribution in [-0.2, 0) is 0 Å². The molecule has 0 fully saturated rings. The van der Waals surface area contributed by atoms with Gasteiger partial charge in [-0.3, -0.25) is 4.79 Å². The number of hydrogen-bond acceptors (Lipinski definition) is 2. The zero-order chi connectivity index (χ0) is 12.3. The molecule has 0 unspecified atom stereocenters. The quantitative estimate of drug-likeness (QED) is 0.892. The van der Waals surface area contributed by atoms with Crippen LogP contribution in [0, 0.1) is 6.92 Å². The van der Waals surface area contributed by atoms with Crippen LogP contribution in [0.5, 0.6) is 0 Å². The molecule has 0 aliphatic rings. The summed E-state index contributed by atoms with van der Waals surface area (Å²) in [6.07, 6.45) is 0. The van der Waals surface area contributed by atoms with E-state index in [1.807, 2.05) is 20.8 Å². The SMILES string of the molecule is Cc1c(Cl)cccc1C(=O)NCC(C)(C)N.Cl. The molecule has 0 spiro atoms. The zero-order valence-corrected chi connectivity index (χ0v) is 11.8. The minimum Gasteiger partial charge on any atom is -0.350 e. The minimum atomic E-state index is -0.415. The first-order chi connectivity index (χ1) is 7.31. The highest BCUT2D eigenvalue weighted by Gasteiger charge is 2.15. The van der Waals surface area contributed by atoms with E-state index in [4.69, 9.17) is 17.3 Å². The summed E-state index contributed by atoms with van der Waals surface area (Å²) in [5.41, 5.74) is 6.76. The lowest BCUT2D eigenvalue weighted by Crippen LogP contribution is -2.45. The van der Waals surface area contributed by atoms with E-state index in [9.17, 15) is 4.79 Å². The van der Waals surface area contributed by atoms with E-state index in [0.29, 0.717) is 17.1 Å². The lowest BCUT2D eigenvalue weighted by molar-refractivity contribution is 0.0945. The summed E-state index contributed by atoms with van der Waals surface area (Å²) in [7, 11) is 0. The van der Waals surface area contributed by atoms with Gasteiger partial charge in [0.1, 0.15) is 0 Å². The molecule has 0 heterocycles. The van der Waals surface area contributed by atoms with Crippen LogP contribution in [0.3, 0.4) is 0 Å². The maximum absolute atomic E-state index is 11.8. The van der Waals surface area contributed by atoms with Crippen molar-refractivity contribution in [3.63, 3.8) is 0 Å². The molecule has 0 radical (unpaired) electrons. The van der Waals surface area contributed by atoms with Crippen molar-refractivity contribution < 1.29 is 4.79 Å². The van der Waals surface area contributed by atoms with Gasteiger partial charge in [-0.05, 0) is 38.5 Å². The third-order valence-corrected chi connectivity index (χ3v) is 2.63. The summed E-state index contributed by atoms with van der Waals surface area (Å²) in [6.45, 7) is 5.97. The van der Waals surface area contributed by atoms with Crippen LogP contribution in [0.4, 0.5) is 0 Å². The van der Waals surface area contributed by atoms with Gasteiger partial charge in [0.15, 0.2) is 0 Å². The summed E-state index contributed by atoms with van der Waals surface area (Å²) in [5, 5.41) is 3.38. The molecule has 1 aromatic carbocycles. The van der Waals surface area contributed by atoms with Gasteiger partial charge in [0.25, 0.3) is 5.91 Å². The molecular formula is C12H18Cl2N2O. The molecule has 3 nitrogen and oxygen atoms in total. The smallest absolute Gasteiger partial charge is 0.251 e. The van der Waals surface area contributed by atoms with E-state index in [2.05, 4.69) is 5.32 Å². The highest BCUT2D eigenvalue weighted by atomic mass is 35.5. The Morgan fingerprint density at radius 1 is 1.47 bits per heavy atom. The van der Waals surface area contributed by atoms with Crippen molar-refractivity contribution in [2.75, 3.05) is 6.54 Å². The van der Waals surface area contributed by atoms with Crippen molar-refractivity contribution in [3.8, 4) is 0 Å². The average Bonchev–Trinajstić information content (AvgIpc) is 2.17. The van der Waals surface area contributed by atoms with E-state index >= 15 is 0 Å². The summed E-state index contributed by atoms with van der Waals surface area (Å²) in [5.74, 6) is -0.140. The number of benzene rings is 1. The molecule has 96 valence electrons. The van der Waals surface area contributed by atoms with Crippen molar-refractivity contribution in [2.24, 2.45) is 5.73 Å².